The van der Waals surface area contributed by atoms with E-state index in [1.807, 2.05) is 12.1 Å². The third kappa shape index (κ3) is 5.48. The van der Waals surface area contributed by atoms with Gasteiger partial charge in [0.2, 0.25) is 0 Å². The van der Waals surface area contributed by atoms with Crippen molar-refractivity contribution in [2.45, 2.75) is 44.9 Å². The number of hydrogen-bond donors (Lipinski definition) is 0. The lowest BCUT2D eigenvalue weighted by Gasteiger charge is -2.18. The van der Waals surface area contributed by atoms with Crippen LogP contribution in [0.15, 0.2) is 60.7 Å². The Labute approximate surface area is 138 Å². The van der Waals surface area contributed by atoms with Crippen molar-refractivity contribution >= 4 is 11.6 Å². The number of hydrogen-bond acceptors (Lipinski definition) is 2. The Hall–Kier alpha value is -2.22. The summed E-state index contributed by atoms with van der Waals surface area (Å²) in [6.45, 7) is 1.80. The highest BCUT2D eigenvalue weighted by atomic mass is 16.1. The van der Waals surface area contributed by atoms with Gasteiger partial charge in [0, 0.05) is 18.8 Å². The van der Waals surface area contributed by atoms with Crippen molar-refractivity contribution in [3.63, 3.8) is 0 Å². The second kappa shape index (κ2) is 9.04. The smallest absolute Gasteiger partial charge is 0.140 e. The van der Waals surface area contributed by atoms with E-state index in [0.29, 0.717) is 18.8 Å². The number of ketones is 2. The van der Waals surface area contributed by atoms with E-state index < -0.39 is 0 Å². The number of rotatable bonds is 9. The molecule has 0 N–H and O–H groups in total. The Kier molecular flexibility index (Phi) is 6.74. The zero-order valence-electron chi connectivity index (χ0n) is 13.7. The van der Waals surface area contributed by atoms with Crippen molar-refractivity contribution in [3.05, 3.63) is 71.8 Å². The average Bonchev–Trinajstić information content (AvgIpc) is 2.60. The molecule has 2 nitrogen and oxygen atoms in total. The monoisotopic (exact) mass is 308 g/mol. The molecule has 2 heteroatoms. The van der Waals surface area contributed by atoms with Gasteiger partial charge in [-0.25, -0.2) is 0 Å². The highest BCUT2D eigenvalue weighted by Crippen LogP contribution is 2.29. The zero-order chi connectivity index (χ0) is 16.5. The van der Waals surface area contributed by atoms with Crippen LogP contribution in [0.25, 0.3) is 0 Å². The van der Waals surface area contributed by atoms with E-state index in [1.165, 1.54) is 11.1 Å². The summed E-state index contributed by atoms with van der Waals surface area (Å²) in [6, 6.07) is 20.8. The van der Waals surface area contributed by atoms with Crippen LogP contribution >= 0.6 is 0 Å². The van der Waals surface area contributed by atoms with Gasteiger partial charge in [-0.05, 0) is 24.0 Å². The molecule has 0 saturated heterocycles. The van der Waals surface area contributed by atoms with E-state index in [2.05, 4.69) is 48.5 Å². The Morgan fingerprint density at radius 1 is 0.826 bits per heavy atom. The van der Waals surface area contributed by atoms with Gasteiger partial charge in [-0.3, -0.25) is 9.59 Å². The third-order valence-electron chi connectivity index (χ3n) is 4.14. The number of Topliss-reactive ketones (excluding diaryl/α,β-unsaturated/α-hetero) is 2. The lowest BCUT2D eigenvalue weighted by atomic mass is 9.86. The molecular formula is C21H24O2. The maximum atomic E-state index is 11.8. The van der Waals surface area contributed by atoms with Crippen molar-refractivity contribution in [3.8, 4) is 0 Å². The Bertz CT molecular complexity index is 577. The number of carbonyl (C=O) groups is 2. The van der Waals surface area contributed by atoms with Crippen LogP contribution in [0.3, 0.4) is 0 Å². The summed E-state index contributed by atoms with van der Waals surface area (Å²) in [4.78, 5) is 23.2. The van der Waals surface area contributed by atoms with Gasteiger partial charge in [-0.1, -0.05) is 67.6 Å². The van der Waals surface area contributed by atoms with E-state index in [0.717, 1.165) is 12.8 Å². The van der Waals surface area contributed by atoms with Crippen molar-refractivity contribution in [1.29, 1.82) is 0 Å². The summed E-state index contributed by atoms with van der Waals surface area (Å²) < 4.78 is 0. The molecule has 0 unspecified atom stereocenters. The summed E-state index contributed by atoms with van der Waals surface area (Å²) in [5.74, 6) is 0.404. The minimum atomic E-state index is 0.0395. The number of benzene rings is 2. The van der Waals surface area contributed by atoms with Gasteiger partial charge in [0.05, 0.1) is 6.42 Å². The molecule has 0 saturated carbocycles. The maximum Gasteiger partial charge on any atom is 0.140 e. The van der Waals surface area contributed by atoms with Crippen LogP contribution in [0.2, 0.25) is 0 Å². The van der Waals surface area contributed by atoms with Crippen molar-refractivity contribution in [2.75, 3.05) is 0 Å². The van der Waals surface area contributed by atoms with Crippen LogP contribution in [0.1, 0.15) is 56.1 Å². The summed E-state index contributed by atoms with van der Waals surface area (Å²) in [6.07, 6.45) is 2.76. The van der Waals surface area contributed by atoms with E-state index in [1.54, 1.807) is 6.92 Å². The topological polar surface area (TPSA) is 34.1 Å². The van der Waals surface area contributed by atoms with Crippen LogP contribution < -0.4 is 0 Å². The van der Waals surface area contributed by atoms with Crippen LogP contribution in [-0.4, -0.2) is 11.6 Å². The Balaban J connectivity index is 1.99. The molecule has 23 heavy (non-hydrogen) atoms. The molecule has 0 bridgehead atoms. The largest absolute Gasteiger partial charge is 0.299 e. The Morgan fingerprint density at radius 3 is 1.83 bits per heavy atom. The van der Waals surface area contributed by atoms with Gasteiger partial charge >= 0.3 is 0 Å². The summed E-state index contributed by atoms with van der Waals surface area (Å²) in [7, 11) is 0. The highest BCUT2D eigenvalue weighted by Gasteiger charge is 2.15. The first-order chi connectivity index (χ1) is 11.2. The molecule has 0 fully saturated rings. The van der Waals surface area contributed by atoms with Crippen molar-refractivity contribution in [2.24, 2.45) is 0 Å². The fraction of sp³-hybridized carbons (Fsp3) is 0.333. The summed E-state index contributed by atoms with van der Waals surface area (Å²) in [5.41, 5.74) is 2.55. The molecule has 0 amide bonds. The molecule has 0 aliphatic heterocycles. The SMILES string of the molecule is CCC(=O)CC(=O)CCCC(c1ccccc1)c1ccccc1. The molecule has 0 radical (unpaired) electrons. The molecular weight excluding hydrogens is 284 g/mol. The van der Waals surface area contributed by atoms with Crippen molar-refractivity contribution < 1.29 is 9.59 Å². The second-order valence-corrected chi connectivity index (χ2v) is 5.87. The van der Waals surface area contributed by atoms with Crippen LogP contribution in [0.5, 0.6) is 0 Å². The molecule has 0 atom stereocenters. The van der Waals surface area contributed by atoms with Gasteiger partial charge < -0.3 is 0 Å². The van der Waals surface area contributed by atoms with E-state index in [9.17, 15) is 9.59 Å². The standard InChI is InChI=1S/C21H24O2/c1-2-19(22)16-20(23)14-9-15-21(17-10-5-3-6-11-17)18-12-7-4-8-13-18/h3-8,10-13,21H,2,9,14-16H2,1H3. The Morgan fingerprint density at radius 2 is 1.35 bits per heavy atom. The fourth-order valence-corrected chi connectivity index (χ4v) is 2.83. The first-order valence-corrected chi connectivity index (χ1v) is 8.34. The van der Waals surface area contributed by atoms with Crippen LogP contribution in [0, 0.1) is 0 Å². The van der Waals surface area contributed by atoms with Gasteiger partial charge in [-0.2, -0.15) is 0 Å². The first-order valence-electron chi connectivity index (χ1n) is 8.34. The second-order valence-electron chi connectivity index (χ2n) is 5.87. The average molecular weight is 308 g/mol. The van der Waals surface area contributed by atoms with E-state index >= 15 is 0 Å². The van der Waals surface area contributed by atoms with Crippen LogP contribution in [0.4, 0.5) is 0 Å². The predicted octanol–water partition coefficient (Wildman–Crippen LogP) is 4.93. The lowest BCUT2D eigenvalue weighted by Crippen LogP contribution is -2.08. The van der Waals surface area contributed by atoms with Crippen LogP contribution in [-0.2, 0) is 9.59 Å². The molecule has 2 aromatic rings. The molecule has 0 heterocycles. The highest BCUT2D eigenvalue weighted by molar-refractivity contribution is 5.98. The maximum absolute atomic E-state index is 11.8. The van der Waals surface area contributed by atoms with E-state index in [4.69, 9.17) is 0 Å². The predicted molar refractivity (Wildman–Crippen MR) is 93.5 cm³/mol. The van der Waals surface area contributed by atoms with Gasteiger partial charge in [0.1, 0.15) is 11.6 Å². The minimum absolute atomic E-state index is 0.0395. The van der Waals surface area contributed by atoms with Gasteiger partial charge in [-0.15, -0.1) is 0 Å². The number of carbonyl (C=O) groups excluding carboxylic acids is 2. The summed E-state index contributed by atoms with van der Waals surface area (Å²) >= 11 is 0. The normalized spacial score (nSPS) is 10.7. The molecule has 0 spiro atoms. The van der Waals surface area contributed by atoms with Gasteiger partial charge in [0.25, 0.3) is 0 Å². The van der Waals surface area contributed by atoms with Crippen molar-refractivity contribution in [1.82, 2.24) is 0 Å². The van der Waals surface area contributed by atoms with Gasteiger partial charge in [0.15, 0.2) is 0 Å². The molecule has 2 aromatic carbocycles. The van der Waals surface area contributed by atoms with E-state index in [-0.39, 0.29) is 18.0 Å². The molecule has 0 aliphatic rings. The summed E-state index contributed by atoms with van der Waals surface area (Å²) in [5, 5.41) is 0. The quantitative estimate of drug-likeness (QED) is 0.616. The molecule has 0 aromatic heterocycles. The third-order valence-corrected chi connectivity index (χ3v) is 4.14. The molecule has 120 valence electrons. The fourth-order valence-electron chi connectivity index (χ4n) is 2.83. The minimum Gasteiger partial charge on any atom is -0.299 e. The molecule has 2 rings (SSSR count). The lowest BCUT2D eigenvalue weighted by molar-refractivity contribution is -0.126. The zero-order valence-corrected chi connectivity index (χ0v) is 13.7. The first kappa shape index (κ1) is 17.1. The molecule has 0 aliphatic carbocycles.